The summed E-state index contributed by atoms with van der Waals surface area (Å²) in [7, 11) is 0. The number of nitro benzene ring substituents is 1. The van der Waals surface area contributed by atoms with Gasteiger partial charge in [-0.15, -0.1) is 0 Å². The van der Waals surface area contributed by atoms with Gasteiger partial charge in [0.2, 0.25) is 0 Å². The Morgan fingerprint density at radius 2 is 2.28 bits per heavy atom. The highest BCUT2D eigenvalue weighted by atomic mass is 35.5. The van der Waals surface area contributed by atoms with Crippen LogP contribution in [0.25, 0.3) is 0 Å². The minimum Gasteiger partial charge on any atom is -0.391 e. The maximum absolute atomic E-state index is 11.8. The number of aliphatic hydroxyl groups excluding tert-OH is 1. The lowest BCUT2D eigenvalue weighted by Gasteiger charge is -2.09. The van der Waals surface area contributed by atoms with E-state index < -0.39 is 22.6 Å². The first-order valence-electron chi connectivity index (χ1n) is 5.36. The molecule has 0 radical (unpaired) electrons. The molecule has 0 fully saturated rings. The van der Waals surface area contributed by atoms with Crippen LogP contribution < -0.4 is 5.32 Å². The molecular formula is C11H13ClN2O4. The third kappa shape index (κ3) is 3.41. The van der Waals surface area contributed by atoms with Gasteiger partial charge in [0.1, 0.15) is 10.6 Å². The Bertz CT molecular complexity index is 464. The normalized spacial score (nSPS) is 11.9. The quantitative estimate of drug-likeness (QED) is 0.631. The van der Waals surface area contributed by atoms with Crippen LogP contribution in [0, 0.1) is 10.1 Å². The Kier molecular flexibility index (Phi) is 5.06. The lowest BCUT2D eigenvalue weighted by Crippen LogP contribution is -2.32. The molecule has 1 amide bonds. The summed E-state index contributed by atoms with van der Waals surface area (Å²) >= 11 is 5.69. The molecule has 1 rings (SSSR count). The Hall–Kier alpha value is -1.66. The second kappa shape index (κ2) is 6.32. The molecule has 0 aliphatic carbocycles. The molecular weight excluding hydrogens is 260 g/mol. The predicted octanol–water partition coefficient (Wildman–Crippen LogP) is 1.75. The molecule has 1 atom stereocenters. The van der Waals surface area contributed by atoms with Crippen LogP contribution in [-0.2, 0) is 0 Å². The molecule has 1 unspecified atom stereocenters. The van der Waals surface area contributed by atoms with Crippen molar-refractivity contribution in [1.29, 1.82) is 0 Å². The number of hydrogen-bond donors (Lipinski definition) is 2. The molecule has 0 aliphatic rings. The highest BCUT2D eigenvalue weighted by Gasteiger charge is 2.23. The van der Waals surface area contributed by atoms with Crippen LogP contribution in [0.2, 0.25) is 5.02 Å². The molecule has 98 valence electrons. The van der Waals surface area contributed by atoms with Crippen molar-refractivity contribution in [3.8, 4) is 0 Å². The summed E-state index contributed by atoms with van der Waals surface area (Å²) in [6, 6.07) is 4.12. The molecule has 1 aromatic carbocycles. The van der Waals surface area contributed by atoms with E-state index in [1.54, 1.807) is 6.92 Å². The van der Waals surface area contributed by atoms with Crippen LogP contribution in [-0.4, -0.2) is 28.6 Å². The van der Waals surface area contributed by atoms with Gasteiger partial charge in [0.15, 0.2) is 0 Å². The average Bonchev–Trinajstić information content (AvgIpc) is 2.34. The fourth-order valence-electron chi connectivity index (χ4n) is 1.33. The molecule has 1 aromatic rings. The first-order valence-corrected chi connectivity index (χ1v) is 5.74. The molecule has 0 aromatic heterocycles. The van der Waals surface area contributed by atoms with E-state index in [1.165, 1.54) is 18.2 Å². The van der Waals surface area contributed by atoms with Gasteiger partial charge in [0.25, 0.3) is 5.91 Å². The van der Waals surface area contributed by atoms with Crippen LogP contribution in [0.5, 0.6) is 0 Å². The van der Waals surface area contributed by atoms with Gasteiger partial charge in [-0.05, 0) is 18.6 Å². The Morgan fingerprint density at radius 1 is 1.61 bits per heavy atom. The van der Waals surface area contributed by atoms with Crippen LogP contribution in [0.3, 0.4) is 0 Å². The highest BCUT2D eigenvalue weighted by molar-refractivity contribution is 6.33. The first kappa shape index (κ1) is 14.4. The molecule has 18 heavy (non-hydrogen) atoms. The van der Waals surface area contributed by atoms with Gasteiger partial charge in [-0.25, -0.2) is 0 Å². The van der Waals surface area contributed by atoms with Gasteiger partial charge in [-0.3, -0.25) is 14.9 Å². The summed E-state index contributed by atoms with van der Waals surface area (Å²) in [6.45, 7) is 1.80. The molecule has 0 saturated carbocycles. The molecule has 0 spiro atoms. The van der Waals surface area contributed by atoms with Gasteiger partial charge in [0.05, 0.1) is 11.0 Å². The summed E-state index contributed by atoms with van der Waals surface area (Å²) in [6.07, 6.45) is -0.190. The Labute approximate surface area is 109 Å². The Balaban J connectivity index is 2.92. The van der Waals surface area contributed by atoms with Crippen molar-refractivity contribution in [2.24, 2.45) is 0 Å². The first-order chi connectivity index (χ1) is 8.47. The number of nitrogens with one attached hydrogen (secondary N) is 1. The molecule has 2 N–H and O–H groups in total. The number of para-hydroxylation sites is 1. The number of carbonyl (C=O) groups excluding carboxylic acids is 1. The van der Waals surface area contributed by atoms with E-state index in [4.69, 9.17) is 11.6 Å². The third-order valence-electron chi connectivity index (χ3n) is 2.38. The SMILES string of the molecule is CCC(O)CNC(=O)c1cccc(Cl)c1[N+](=O)[O-]. The number of nitro groups is 1. The zero-order valence-electron chi connectivity index (χ0n) is 9.72. The van der Waals surface area contributed by atoms with Crippen molar-refractivity contribution in [3.05, 3.63) is 38.9 Å². The van der Waals surface area contributed by atoms with Gasteiger partial charge < -0.3 is 10.4 Å². The van der Waals surface area contributed by atoms with Crippen molar-refractivity contribution < 1.29 is 14.8 Å². The van der Waals surface area contributed by atoms with E-state index in [0.717, 1.165) is 0 Å². The largest absolute Gasteiger partial charge is 0.391 e. The minimum absolute atomic E-state index is 0.0407. The van der Waals surface area contributed by atoms with E-state index in [-0.39, 0.29) is 17.1 Å². The molecule has 0 bridgehead atoms. The zero-order chi connectivity index (χ0) is 13.7. The number of hydrogen-bond acceptors (Lipinski definition) is 4. The lowest BCUT2D eigenvalue weighted by atomic mass is 10.1. The second-order valence-corrected chi connectivity index (χ2v) is 4.07. The van der Waals surface area contributed by atoms with E-state index in [1.807, 2.05) is 0 Å². The van der Waals surface area contributed by atoms with E-state index >= 15 is 0 Å². The van der Waals surface area contributed by atoms with E-state index in [0.29, 0.717) is 6.42 Å². The molecule has 6 nitrogen and oxygen atoms in total. The van der Waals surface area contributed by atoms with Gasteiger partial charge in [0, 0.05) is 6.54 Å². The molecule has 7 heteroatoms. The number of nitrogens with zero attached hydrogens (tertiary/aromatic N) is 1. The number of halogens is 1. The predicted molar refractivity (Wildman–Crippen MR) is 66.7 cm³/mol. The minimum atomic E-state index is -0.701. The van der Waals surface area contributed by atoms with Crippen molar-refractivity contribution in [2.75, 3.05) is 6.54 Å². The number of amides is 1. The number of carbonyl (C=O) groups is 1. The van der Waals surface area contributed by atoms with Crippen molar-refractivity contribution in [1.82, 2.24) is 5.32 Å². The zero-order valence-corrected chi connectivity index (χ0v) is 10.5. The lowest BCUT2D eigenvalue weighted by molar-refractivity contribution is -0.385. The highest BCUT2D eigenvalue weighted by Crippen LogP contribution is 2.27. The summed E-state index contributed by atoms with van der Waals surface area (Å²) in [4.78, 5) is 21.9. The van der Waals surface area contributed by atoms with Crippen molar-refractivity contribution >= 4 is 23.2 Å². The number of benzene rings is 1. The third-order valence-corrected chi connectivity index (χ3v) is 2.69. The maximum Gasteiger partial charge on any atom is 0.300 e. The van der Waals surface area contributed by atoms with Crippen LogP contribution in [0.4, 0.5) is 5.69 Å². The summed E-state index contributed by atoms with van der Waals surface area (Å²) < 4.78 is 0. The second-order valence-electron chi connectivity index (χ2n) is 3.67. The standard InChI is InChI=1S/C11H13ClN2O4/c1-2-7(15)6-13-11(16)8-4-3-5-9(12)10(8)14(17)18/h3-5,7,15H,2,6H2,1H3,(H,13,16). The fourth-order valence-corrected chi connectivity index (χ4v) is 1.58. The van der Waals surface area contributed by atoms with Gasteiger partial charge in [-0.2, -0.15) is 0 Å². The summed E-state index contributed by atoms with van der Waals surface area (Å²) in [5.41, 5.74) is -0.543. The van der Waals surface area contributed by atoms with E-state index in [9.17, 15) is 20.0 Å². The van der Waals surface area contributed by atoms with Gasteiger partial charge >= 0.3 is 5.69 Å². The van der Waals surface area contributed by atoms with Crippen LogP contribution in [0.15, 0.2) is 18.2 Å². The summed E-state index contributed by atoms with van der Waals surface area (Å²) in [5.74, 6) is -0.628. The maximum atomic E-state index is 11.8. The fraction of sp³-hybridized carbons (Fsp3) is 0.364. The van der Waals surface area contributed by atoms with Crippen LogP contribution in [0.1, 0.15) is 23.7 Å². The number of aliphatic hydroxyl groups is 1. The monoisotopic (exact) mass is 272 g/mol. The topological polar surface area (TPSA) is 92.5 Å². The number of rotatable bonds is 5. The average molecular weight is 273 g/mol. The smallest absolute Gasteiger partial charge is 0.300 e. The Morgan fingerprint density at radius 3 is 2.83 bits per heavy atom. The summed E-state index contributed by atoms with van der Waals surface area (Å²) in [5, 5.41) is 22.5. The molecule has 0 heterocycles. The van der Waals surface area contributed by atoms with Crippen molar-refractivity contribution in [3.63, 3.8) is 0 Å². The van der Waals surface area contributed by atoms with Crippen LogP contribution >= 0.6 is 11.6 Å². The van der Waals surface area contributed by atoms with Gasteiger partial charge in [-0.1, -0.05) is 24.6 Å². The molecule has 0 saturated heterocycles. The molecule has 0 aliphatic heterocycles. The van der Waals surface area contributed by atoms with E-state index in [2.05, 4.69) is 5.32 Å². The van der Waals surface area contributed by atoms with Crippen molar-refractivity contribution in [2.45, 2.75) is 19.4 Å².